The minimum Gasteiger partial charge on any atom is -0.486 e. The Morgan fingerprint density at radius 1 is 1.03 bits per heavy atom. The van der Waals surface area contributed by atoms with E-state index in [1.54, 1.807) is 29.1 Å². The summed E-state index contributed by atoms with van der Waals surface area (Å²) in [6.07, 6.45) is 1.71. The zero-order valence-corrected chi connectivity index (χ0v) is 17.6. The molecule has 0 radical (unpaired) electrons. The summed E-state index contributed by atoms with van der Waals surface area (Å²) < 4.78 is 39.2. The third kappa shape index (κ3) is 5.37. The molecule has 9 heteroatoms. The molecule has 2 aromatic heterocycles. The van der Waals surface area contributed by atoms with Gasteiger partial charge < -0.3 is 14.5 Å². The molecule has 0 spiro atoms. The topological polar surface area (TPSA) is 69.3 Å². The predicted molar refractivity (Wildman–Crippen MR) is 113 cm³/mol. The Morgan fingerprint density at radius 3 is 2.42 bits per heavy atom. The molecule has 0 saturated carbocycles. The number of hydrogen-bond acceptors (Lipinski definition) is 4. The van der Waals surface area contributed by atoms with Gasteiger partial charge in [0.05, 0.1) is 11.0 Å². The van der Waals surface area contributed by atoms with Crippen LogP contribution in [0.2, 0.25) is 0 Å². The highest BCUT2D eigenvalue weighted by molar-refractivity contribution is 9.10. The predicted octanol–water partition coefficient (Wildman–Crippen LogP) is 5.40. The SMILES string of the molecule is O=C(Nc1nn(Cc2ccc(F)cc2)cc1Br)c1ccc(COc2ccc(F)cc2)o1. The second kappa shape index (κ2) is 9.13. The van der Waals surface area contributed by atoms with Crippen LogP contribution < -0.4 is 10.1 Å². The summed E-state index contributed by atoms with van der Waals surface area (Å²) in [4.78, 5) is 12.5. The van der Waals surface area contributed by atoms with Crippen molar-refractivity contribution in [1.29, 1.82) is 0 Å². The van der Waals surface area contributed by atoms with Gasteiger partial charge >= 0.3 is 0 Å². The molecule has 0 atom stereocenters. The molecule has 0 unspecified atom stereocenters. The molecule has 0 aliphatic rings. The molecule has 0 bridgehead atoms. The van der Waals surface area contributed by atoms with Crippen molar-refractivity contribution in [3.8, 4) is 5.75 Å². The average molecular weight is 488 g/mol. The maximum absolute atomic E-state index is 13.0. The van der Waals surface area contributed by atoms with E-state index in [1.807, 2.05) is 0 Å². The molecule has 2 heterocycles. The van der Waals surface area contributed by atoms with Crippen LogP contribution in [0.25, 0.3) is 0 Å². The fraction of sp³-hybridized carbons (Fsp3) is 0.0909. The molecule has 31 heavy (non-hydrogen) atoms. The first-order valence-electron chi connectivity index (χ1n) is 9.22. The smallest absolute Gasteiger partial charge is 0.292 e. The van der Waals surface area contributed by atoms with Crippen LogP contribution in [-0.2, 0) is 13.2 Å². The Hall–Kier alpha value is -3.46. The van der Waals surface area contributed by atoms with Crippen LogP contribution in [0.3, 0.4) is 0 Å². The van der Waals surface area contributed by atoms with E-state index in [0.717, 1.165) is 5.56 Å². The zero-order chi connectivity index (χ0) is 21.8. The number of amides is 1. The Morgan fingerprint density at radius 2 is 1.71 bits per heavy atom. The van der Waals surface area contributed by atoms with Crippen molar-refractivity contribution in [1.82, 2.24) is 9.78 Å². The third-order valence-electron chi connectivity index (χ3n) is 4.29. The summed E-state index contributed by atoms with van der Waals surface area (Å²) in [5.41, 5.74) is 0.867. The van der Waals surface area contributed by atoms with E-state index in [9.17, 15) is 13.6 Å². The quantitative estimate of drug-likeness (QED) is 0.379. The van der Waals surface area contributed by atoms with Crippen molar-refractivity contribution in [2.24, 2.45) is 0 Å². The van der Waals surface area contributed by atoms with Crippen LogP contribution in [0.5, 0.6) is 5.75 Å². The third-order valence-corrected chi connectivity index (χ3v) is 4.87. The van der Waals surface area contributed by atoms with Crippen molar-refractivity contribution in [3.05, 3.63) is 100 Å². The fourth-order valence-corrected chi connectivity index (χ4v) is 3.19. The summed E-state index contributed by atoms with van der Waals surface area (Å²) in [7, 11) is 0. The van der Waals surface area contributed by atoms with E-state index in [2.05, 4.69) is 26.3 Å². The summed E-state index contributed by atoms with van der Waals surface area (Å²) in [6.45, 7) is 0.509. The summed E-state index contributed by atoms with van der Waals surface area (Å²) in [5.74, 6) is 0.218. The molecular weight excluding hydrogens is 472 g/mol. The number of carbonyl (C=O) groups excluding carboxylic acids is 1. The molecule has 0 aliphatic heterocycles. The maximum Gasteiger partial charge on any atom is 0.292 e. The van der Waals surface area contributed by atoms with Crippen LogP contribution in [0.4, 0.5) is 14.6 Å². The van der Waals surface area contributed by atoms with Gasteiger partial charge in [-0.3, -0.25) is 9.48 Å². The Kier molecular flexibility index (Phi) is 6.13. The first kappa shape index (κ1) is 20.8. The van der Waals surface area contributed by atoms with Crippen LogP contribution >= 0.6 is 15.9 Å². The summed E-state index contributed by atoms with van der Waals surface area (Å²) >= 11 is 3.37. The van der Waals surface area contributed by atoms with E-state index in [0.29, 0.717) is 28.3 Å². The van der Waals surface area contributed by atoms with Gasteiger partial charge in [-0.1, -0.05) is 12.1 Å². The standard InChI is InChI=1S/C22H16BrF2N3O3/c23-19-12-28(11-14-1-3-15(24)4-2-14)27-21(19)26-22(29)20-10-9-18(31-20)13-30-17-7-5-16(25)6-8-17/h1-10,12H,11,13H2,(H,26,27,29). The highest BCUT2D eigenvalue weighted by Gasteiger charge is 2.16. The molecule has 0 fully saturated rings. The Balaban J connectivity index is 1.36. The Labute approximate surface area is 184 Å². The molecule has 6 nitrogen and oxygen atoms in total. The first-order valence-corrected chi connectivity index (χ1v) is 10.0. The molecule has 4 aromatic rings. The van der Waals surface area contributed by atoms with Crippen molar-refractivity contribution >= 4 is 27.7 Å². The van der Waals surface area contributed by atoms with Crippen LogP contribution in [0.1, 0.15) is 21.9 Å². The summed E-state index contributed by atoms with van der Waals surface area (Å²) in [5, 5.41) is 7.01. The van der Waals surface area contributed by atoms with E-state index in [4.69, 9.17) is 9.15 Å². The van der Waals surface area contributed by atoms with Gasteiger partial charge in [0, 0.05) is 6.20 Å². The number of benzene rings is 2. The molecule has 158 valence electrons. The average Bonchev–Trinajstić information content (AvgIpc) is 3.36. The van der Waals surface area contributed by atoms with Gasteiger partial charge in [0.15, 0.2) is 11.6 Å². The monoisotopic (exact) mass is 487 g/mol. The largest absolute Gasteiger partial charge is 0.486 e. The van der Waals surface area contributed by atoms with Crippen molar-refractivity contribution in [2.75, 3.05) is 5.32 Å². The normalized spacial score (nSPS) is 10.8. The number of furan rings is 1. The molecule has 0 aliphatic carbocycles. The van der Waals surface area contributed by atoms with Gasteiger partial charge in [0.25, 0.3) is 5.91 Å². The fourth-order valence-electron chi connectivity index (χ4n) is 2.77. The van der Waals surface area contributed by atoms with Crippen molar-refractivity contribution < 1.29 is 22.7 Å². The van der Waals surface area contributed by atoms with Gasteiger partial charge in [-0.2, -0.15) is 5.10 Å². The highest BCUT2D eigenvalue weighted by atomic mass is 79.9. The lowest BCUT2D eigenvalue weighted by Gasteiger charge is -2.04. The number of nitrogens with zero attached hydrogens (tertiary/aromatic N) is 2. The second-order valence-corrected chi connectivity index (χ2v) is 7.47. The zero-order valence-electron chi connectivity index (χ0n) is 16.0. The summed E-state index contributed by atoms with van der Waals surface area (Å²) in [6, 6.07) is 14.9. The number of aromatic nitrogens is 2. The number of carbonyl (C=O) groups is 1. The Bertz CT molecular complexity index is 1190. The van der Waals surface area contributed by atoms with Crippen LogP contribution in [-0.4, -0.2) is 15.7 Å². The number of hydrogen-bond donors (Lipinski definition) is 1. The molecule has 1 amide bonds. The molecule has 0 saturated heterocycles. The lowest BCUT2D eigenvalue weighted by Crippen LogP contribution is -2.12. The molecule has 4 rings (SSSR count). The lowest BCUT2D eigenvalue weighted by molar-refractivity contribution is 0.0992. The minimum atomic E-state index is -0.472. The highest BCUT2D eigenvalue weighted by Crippen LogP contribution is 2.22. The number of anilines is 1. The van der Waals surface area contributed by atoms with Gasteiger partial charge in [-0.05, 0) is 70.0 Å². The van der Waals surface area contributed by atoms with E-state index in [1.165, 1.54) is 42.5 Å². The van der Waals surface area contributed by atoms with Crippen molar-refractivity contribution in [2.45, 2.75) is 13.2 Å². The first-order chi connectivity index (χ1) is 15.0. The number of nitrogens with one attached hydrogen (secondary N) is 1. The number of rotatable bonds is 7. The van der Waals surface area contributed by atoms with Gasteiger partial charge in [-0.25, -0.2) is 8.78 Å². The lowest BCUT2D eigenvalue weighted by atomic mass is 10.2. The van der Waals surface area contributed by atoms with Crippen LogP contribution in [0, 0.1) is 11.6 Å². The molecule has 2 aromatic carbocycles. The van der Waals surface area contributed by atoms with E-state index < -0.39 is 5.91 Å². The van der Waals surface area contributed by atoms with E-state index in [-0.39, 0.29) is 24.0 Å². The van der Waals surface area contributed by atoms with Gasteiger partial charge in [0.2, 0.25) is 0 Å². The second-order valence-electron chi connectivity index (χ2n) is 6.61. The number of ether oxygens (including phenoxy) is 1. The minimum absolute atomic E-state index is 0.0922. The molecule has 1 N–H and O–H groups in total. The van der Waals surface area contributed by atoms with Crippen molar-refractivity contribution in [3.63, 3.8) is 0 Å². The van der Waals surface area contributed by atoms with E-state index >= 15 is 0 Å². The van der Waals surface area contributed by atoms with Crippen LogP contribution in [0.15, 0.2) is 75.8 Å². The number of halogens is 3. The van der Waals surface area contributed by atoms with Gasteiger partial charge in [0.1, 0.15) is 29.8 Å². The van der Waals surface area contributed by atoms with Gasteiger partial charge in [-0.15, -0.1) is 0 Å². The molecular formula is C22H16BrF2N3O3. The maximum atomic E-state index is 13.0.